The van der Waals surface area contributed by atoms with E-state index in [9.17, 15) is 4.79 Å². The molecule has 3 rings (SSSR count). The molecule has 0 aliphatic carbocycles. The summed E-state index contributed by atoms with van der Waals surface area (Å²) in [6.45, 7) is 0.782. The van der Waals surface area contributed by atoms with E-state index < -0.39 is 0 Å². The van der Waals surface area contributed by atoms with Gasteiger partial charge in [-0.05, 0) is 38.6 Å². The predicted molar refractivity (Wildman–Crippen MR) is 87.0 cm³/mol. The van der Waals surface area contributed by atoms with E-state index in [1.165, 1.54) is 11.3 Å². The van der Waals surface area contributed by atoms with Gasteiger partial charge < -0.3 is 9.80 Å². The summed E-state index contributed by atoms with van der Waals surface area (Å²) in [4.78, 5) is 25.3. The lowest BCUT2D eigenvalue weighted by Crippen LogP contribution is -2.45. The van der Waals surface area contributed by atoms with Gasteiger partial charge in [0.05, 0.1) is 11.6 Å². The van der Waals surface area contributed by atoms with Gasteiger partial charge in [-0.2, -0.15) is 0 Å². The van der Waals surface area contributed by atoms with Crippen LogP contribution in [0, 0.1) is 0 Å². The molecule has 2 aromatic rings. The molecule has 0 aromatic carbocycles. The highest BCUT2D eigenvalue weighted by Gasteiger charge is 2.38. The maximum atomic E-state index is 12.7. The highest BCUT2D eigenvalue weighted by Crippen LogP contribution is 2.26. The molecule has 116 valence electrons. The number of likely N-dealkylation sites (tertiary alicyclic amines) is 1. The number of hydrogen-bond acceptors (Lipinski definition) is 5. The molecule has 3 heterocycles. The summed E-state index contributed by atoms with van der Waals surface area (Å²) >= 11 is 1.46. The van der Waals surface area contributed by atoms with Gasteiger partial charge in [0.15, 0.2) is 0 Å². The number of nitrogens with zero attached hydrogens (tertiary/aromatic N) is 4. The fraction of sp³-hybridized carbons (Fsp3) is 0.438. The summed E-state index contributed by atoms with van der Waals surface area (Å²) in [6.07, 6.45) is 5.48. The highest BCUT2D eigenvalue weighted by molar-refractivity contribution is 7.07. The monoisotopic (exact) mass is 316 g/mol. The van der Waals surface area contributed by atoms with Gasteiger partial charge in [-0.25, -0.2) is 4.98 Å². The second-order valence-electron chi connectivity index (χ2n) is 5.82. The van der Waals surface area contributed by atoms with Gasteiger partial charge >= 0.3 is 0 Å². The van der Waals surface area contributed by atoms with E-state index in [0.717, 1.165) is 24.9 Å². The zero-order chi connectivity index (χ0) is 15.5. The Bertz CT molecular complexity index is 614. The van der Waals surface area contributed by atoms with Crippen LogP contribution in [0.25, 0.3) is 0 Å². The molecular weight excluding hydrogens is 296 g/mol. The van der Waals surface area contributed by atoms with Crippen molar-refractivity contribution in [3.8, 4) is 0 Å². The Hall–Kier alpha value is -1.79. The topological polar surface area (TPSA) is 49.3 Å². The SMILES string of the molecule is CN(C)[C@@H]1CCN(C(=O)c2cscn2)[C@H]1Cc1cccnc1. The number of carbonyl (C=O) groups is 1. The van der Waals surface area contributed by atoms with Gasteiger partial charge in [-0.15, -0.1) is 11.3 Å². The summed E-state index contributed by atoms with van der Waals surface area (Å²) in [7, 11) is 4.16. The average molecular weight is 316 g/mol. The molecule has 1 aliphatic rings. The van der Waals surface area contributed by atoms with E-state index in [1.807, 2.05) is 22.5 Å². The lowest BCUT2D eigenvalue weighted by molar-refractivity contribution is 0.0699. The third kappa shape index (κ3) is 3.03. The number of aromatic nitrogens is 2. The van der Waals surface area contributed by atoms with Crippen molar-refractivity contribution >= 4 is 17.2 Å². The van der Waals surface area contributed by atoms with Crippen LogP contribution in [0.4, 0.5) is 0 Å². The molecular formula is C16H20N4OS. The van der Waals surface area contributed by atoms with Crippen LogP contribution >= 0.6 is 11.3 Å². The number of amides is 1. The Morgan fingerprint density at radius 2 is 2.36 bits per heavy atom. The zero-order valence-electron chi connectivity index (χ0n) is 12.8. The maximum absolute atomic E-state index is 12.7. The second-order valence-corrected chi connectivity index (χ2v) is 6.54. The first kappa shape index (κ1) is 15.1. The molecule has 22 heavy (non-hydrogen) atoms. The standard InChI is InChI=1S/C16H20N4OS/c1-19(2)14-5-7-20(16(21)13-10-22-11-18-13)15(14)8-12-4-3-6-17-9-12/h3-4,6,9-11,14-15H,5,7-8H2,1-2H3/t14-,15+/m1/s1. The first-order valence-electron chi connectivity index (χ1n) is 7.41. The molecule has 5 nitrogen and oxygen atoms in total. The van der Waals surface area contributed by atoms with Crippen LogP contribution in [-0.2, 0) is 6.42 Å². The van der Waals surface area contributed by atoms with Crippen molar-refractivity contribution in [1.29, 1.82) is 0 Å². The predicted octanol–water partition coefficient (Wildman–Crippen LogP) is 1.93. The first-order valence-corrected chi connectivity index (χ1v) is 8.35. The number of thiazole rings is 1. The highest BCUT2D eigenvalue weighted by atomic mass is 32.1. The quantitative estimate of drug-likeness (QED) is 0.865. The van der Waals surface area contributed by atoms with Crippen LogP contribution in [-0.4, -0.2) is 58.4 Å². The van der Waals surface area contributed by atoms with Crippen molar-refractivity contribution in [2.24, 2.45) is 0 Å². The second kappa shape index (κ2) is 6.54. The van der Waals surface area contributed by atoms with E-state index in [2.05, 4.69) is 35.0 Å². The Morgan fingerprint density at radius 1 is 1.50 bits per heavy atom. The minimum Gasteiger partial charge on any atom is -0.332 e. The number of pyridine rings is 1. The molecule has 1 fully saturated rings. The molecule has 1 aliphatic heterocycles. The van der Waals surface area contributed by atoms with Gasteiger partial charge in [0.2, 0.25) is 0 Å². The molecule has 0 bridgehead atoms. The van der Waals surface area contributed by atoms with Crippen LogP contribution in [0.3, 0.4) is 0 Å². The molecule has 0 spiro atoms. The summed E-state index contributed by atoms with van der Waals surface area (Å²) in [5.74, 6) is 0.0412. The number of rotatable bonds is 4. The van der Waals surface area contributed by atoms with Gasteiger partial charge in [0.1, 0.15) is 5.69 Å². The lowest BCUT2D eigenvalue weighted by atomic mass is 10.0. The third-order valence-electron chi connectivity index (χ3n) is 4.25. The number of likely N-dealkylation sites (N-methyl/N-ethyl adjacent to an activating group) is 1. The van der Waals surface area contributed by atoms with E-state index in [-0.39, 0.29) is 11.9 Å². The van der Waals surface area contributed by atoms with Crippen molar-refractivity contribution in [3.63, 3.8) is 0 Å². The molecule has 6 heteroatoms. The minimum absolute atomic E-state index is 0.0412. The Morgan fingerprint density at radius 3 is 3.00 bits per heavy atom. The summed E-state index contributed by atoms with van der Waals surface area (Å²) in [5.41, 5.74) is 3.43. The largest absolute Gasteiger partial charge is 0.332 e. The molecule has 0 N–H and O–H groups in total. The van der Waals surface area contributed by atoms with Crippen LogP contribution in [0.1, 0.15) is 22.5 Å². The summed E-state index contributed by atoms with van der Waals surface area (Å²) in [5, 5.41) is 1.83. The van der Waals surface area contributed by atoms with Crippen LogP contribution < -0.4 is 0 Å². The van der Waals surface area contributed by atoms with E-state index in [4.69, 9.17) is 0 Å². The molecule has 2 atom stereocenters. The molecule has 2 aromatic heterocycles. The molecule has 0 unspecified atom stereocenters. The fourth-order valence-corrected chi connectivity index (χ4v) is 3.69. The van der Waals surface area contributed by atoms with Crippen molar-refractivity contribution in [2.75, 3.05) is 20.6 Å². The number of carbonyl (C=O) groups excluding carboxylic acids is 1. The van der Waals surface area contributed by atoms with Crippen LogP contribution in [0.2, 0.25) is 0 Å². The molecule has 0 saturated carbocycles. The molecule has 1 saturated heterocycles. The van der Waals surface area contributed by atoms with Gasteiger partial charge in [0, 0.05) is 30.4 Å². The normalized spacial score (nSPS) is 21.5. The van der Waals surface area contributed by atoms with Gasteiger partial charge in [0.25, 0.3) is 5.91 Å². The third-order valence-corrected chi connectivity index (χ3v) is 4.84. The Kier molecular flexibility index (Phi) is 4.49. The van der Waals surface area contributed by atoms with Crippen molar-refractivity contribution in [3.05, 3.63) is 46.7 Å². The maximum Gasteiger partial charge on any atom is 0.273 e. The van der Waals surface area contributed by atoms with Crippen molar-refractivity contribution in [1.82, 2.24) is 19.8 Å². The van der Waals surface area contributed by atoms with Gasteiger partial charge in [-0.3, -0.25) is 9.78 Å². The number of hydrogen-bond donors (Lipinski definition) is 0. The first-order chi connectivity index (χ1) is 10.7. The van der Waals surface area contributed by atoms with E-state index in [0.29, 0.717) is 11.7 Å². The molecule has 1 amide bonds. The zero-order valence-corrected chi connectivity index (χ0v) is 13.7. The van der Waals surface area contributed by atoms with E-state index in [1.54, 1.807) is 11.7 Å². The summed E-state index contributed by atoms with van der Waals surface area (Å²) < 4.78 is 0. The van der Waals surface area contributed by atoms with E-state index >= 15 is 0 Å². The fourth-order valence-electron chi connectivity index (χ4n) is 3.16. The van der Waals surface area contributed by atoms with Crippen LogP contribution in [0.15, 0.2) is 35.4 Å². The summed E-state index contributed by atoms with van der Waals surface area (Å²) in [6, 6.07) is 4.54. The Labute approximate surface area is 134 Å². The lowest BCUT2D eigenvalue weighted by Gasteiger charge is -2.31. The smallest absolute Gasteiger partial charge is 0.273 e. The Balaban J connectivity index is 1.84. The average Bonchev–Trinajstić information content (AvgIpc) is 3.17. The van der Waals surface area contributed by atoms with Crippen LogP contribution in [0.5, 0.6) is 0 Å². The van der Waals surface area contributed by atoms with Crippen molar-refractivity contribution < 1.29 is 4.79 Å². The molecule has 0 radical (unpaired) electrons. The van der Waals surface area contributed by atoms with Crippen molar-refractivity contribution in [2.45, 2.75) is 24.9 Å². The minimum atomic E-state index is 0.0412. The van der Waals surface area contributed by atoms with Gasteiger partial charge in [-0.1, -0.05) is 6.07 Å².